The van der Waals surface area contributed by atoms with Crippen LogP contribution in [0.1, 0.15) is 84.7 Å². The van der Waals surface area contributed by atoms with Crippen molar-refractivity contribution in [1.82, 2.24) is 35.4 Å². The van der Waals surface area contributed by atoms with E-state index in [0.29, 0.717) is 23.4 Å². The number of hydrogen-bond donors (Lipinski definition) is 3. The van der Waals surface area contributed by atoms with E-state index in [-0.39, 0.29) is 37.9 Å². The Hall–Kier alpha value is -6.52. The molecule has 4 amide bonds. The normalized spacial score (nSPS) is 17.1. The van der Waals surface area contributed by atoms with Crippen LogP contribution < -0.4 is 15.4 Å². The molecule has 0 radical (unpaired) electrons. The number of fused-ring (bicyclic) bond motifs is 1. The van der Waals surface area contributed by atoms with Crippen LogP contribution in [0.4, 0.5) is 4.79 Å². The lowest BCUT2D eigenvalue weighted by Gasteiger charge is -2.37. The van der Waals surface area contributed by atoms with Gasteiger partial charge in [-0.2, -0.15) is 0 Å². The molecule has 1 aliphatic rings. The quantitative estimate of drug-likeness (QED) is 0.126. The van der Waals surface area contributed by atoms with Gasteiger partial charge in [-0.05, 0) is 80.0 Å². The summed E-state index contributed by atoms with van der Waals surface area (Å²) in [6.07, 6.45) is 1.61. The molecule has 6 atom stereocenters. The number of nitrogens with one attached hydrogen (secondary N) is 2. The Morgan fingerprint density at radius 3 is 2.17 bits per heavy atom. The highest BCUT2D eigenvalue weighted by Gasteiger charge is 2.48. The molecule has 3 N–H and O–H groups in total. The third-order valence-corrected chi connectivity index (χ3v) is 11.2. The molecule has 1 fully saturated rings. The Kier molecular flexibility index (Phi) is 15.4. The van der Waals surface area contributed by atoms with Gasteiger partial charge < -0.3 is 34.9 Å². The maximum Gasteiger partial charge on any atom is 0.410 e. The fraction of sp³-hybridized carbons (Fsp3) is 0.489. The number of benzene rings is 3. The number of aromatic nitrogens is 3. The number of carbonyl (C=O) groups excluding carboxylic acids is 5. The summed E-state index contributed by atoms with van der Waals surface area (Å²) in [4.78, 5) is 83.1. The number of amides is 4. The molecule has 1 saturated heterocycles. The number of likely N-dealkylation sites (tertiary alicyclic amines) is 1. The molecule has 0 unspecified atom stereocenters. The first-order valence-corrected chi connectivity index (χ1v) is 21.3. The summed E-state index contributed by atoms with van der Waals surface area (Å²) in [6, 6.07) is 14.9. The molecular formula is C47H61N7O10. The number of carboxylic acids is 1. The van der Waals surface area contributed by atoms with Crippen molar-refractivity contribution >= 4 is 46.5 Å². The van der Waals surface area contributed by atoms with Gasteiger partial charge in [0.2, 0.25) is 17.7 Å². The van der Waals surface area contributed by atoms with Gasteiger partial charge >= 0.3 is 18.0 Å². The number of carboxylic acid groups (broad SMARTS) is 1. The molecule has 0 spiro atoms. The van der Waals surface area contributed by atoms with Crippen LogP contribution in [0, 0.1) is 11.3 Å². The van der Waals surface area contributed by atoms with E-state index < -0.39 is 71.0 Å². The molecule has 1 aromatic heterocycles. The predicted molar refractivity (Wildman–Crippen MR) is 237 cm³/mol. The Balaban J connectivity index is 1.39. The highest BCUT2D eigenvalue weighted by Crippen LogP contribution is 2.33. The summed E-state index contributed by atoms with van der Waals surface area (Å²) in [5.41, 5.74) is 0.356. The average molecular weight is 884 g/mol. The SMILES string of the molecule is COC(=O)[C@@H](C)Cc1ccc(OCc2cn([C@@H]3CCN(C(=O)[C@@H](NC(=O)[C@H](C)N(C)C(=O)OC(C)(C)C)C(C)(C)C)[C@@H]3C(=O)N[C@@H](Cc3ccc4ccccc4c3)C(=O)O)nn2)cc1. The van der Waals surface area contributed by atoms with Crippen LogP contribution in [-0.2, 0) is 52.9 Å². The van der Waals surface area contributed by atoms with E-state index in [1.54, 1.807) is 66.8 Å². The topological polar surface area (TPSA) is 212 Å². The zero-order chi connectivity index (χ0) is 47.1. The fourth-order valence-electron chi connectivity index (χ4n) is 7.48. The Labute approximate surface area is 373 Å². The lowest BCUT2D eigenvalue weighted by molar-refractivity contribution is -0.147. The smallest absolute Gasteiger partial charge is 0.410 e. The second-order valence-electron chi connectivity index (χ2n) is 18.4. The molecule has 5 rings (SSSR count). The Bertz CT molecular complexity index is 2320. The van der Waals surface area contributed by atoms with Gasteiger partial charge in [-0.25, -0.2) is 14.3 Å². The van der Waals surface area contributed by atoms with Crippen LogP contribution in [-0.4, -0.2) is 116 Å². The van der Waals surface area contributed by atoms with Crippen molar-refractivity contribution in [3.8, 4) is 5.75 Å². The first kappa shape index (κ1) is 48.5. The number of carbonyl (C=O) groups is 6. The van der Waals surface area contributed by atoms with Crippen LogP contribution in [0.15, 0.2) is 72.9 Å². The lowest BCUT2D eigenvalue weighted by Crippen LogP contribution is -2.61. The lowest BCUT2D eigenvalue weighted by atomic mass is 9.85. The monoisotopic (exact) mass is 883 g/mol. The number of esters is 1. The van der Waals surface area contributed by atoms with Gasteiger partial charge in [-0.15, -0.1) is 5.10 Å². The van der Waals surface area contributed by atoms with Crippen LogP contribution >= 0.6 is 0 Å². The number of aliphatic carboxylic acids is 1. The van der Waals surface area contributed by atoms with Crippen LogP contribution in [0.5, 0.6) is 5.75 Å². The molecule has 4 aromatic rings. The number of nitrogens with zero attached hydrogens (tertiary/aromatic N) is 5. The highest BCUT2D eigenvalue weighted by atomic mass is 16.6. The van der Waals surface area contributed by atoms with E-state index >= 15 is 0 Å². The maximum absolute atomic E-state index is 14.8. The van der Waals surface area contributed by atoms with Gasteiger partial charge in [0, 0.05) is 20.0 Å². The molecule has 0 bridgehead atoms. The van der Waals surface area contributed by atoms with Crippen molar-refractivity contribution < 1.29 is 48.1 Å². The largest absolute Gasteiger partial charge is 0.487 e. The van der Waals surface area contributed by atoms with E-state index in [1.807, 2.05) is 54.6 Å². The standard InChI is InChI=1S/C47H61N7O10/c1-28(44(60)62-10)23-30-16-19-35(20-17-30)63-27-34-26-54(51-50-34)37-21-22-53(42(57)39(46(3,4)5)49-40(55)29(2)52(9)45(61)64-47(6,7)8)38(37)41(56)48-36(43(58)59)25-31-15-18-32-13-11-12-14-33(32)24-31/h11-20,24,26,28-29,36-39H,21-23,25,27H2,1-10H3,(H,48,56)(H,49,55)(H,58,59)/t28-,29-,36-,37+,38-,39+/m0/s1. The Morgan fingerprint density at radius 2 is 1.55 bits per heavy atom. The van der Waals surface area contributed by atoms with E-state index in [9.17, 15) is 33.9 Å². The van der Waals surface area contributed by atoms with Crippen LogP contribution in [0.25, 0.3) is 10.8 Å². The van der Waals surface area contributed by atoms with Gasteiger partial charge in [0.05, 0.1) is 25.3 Å². The van der Waals surface area contributed by atoms with Crippen LogP contribution in [0.2, 0.25) is 0 Å². The summed E-state index contributed by atoms with van der Waals surface area (Å²) in [5.74, 6) is -3.24. The minimum absolute atomic E-state index is 0.0189. The number of methoxy groups -OCH3 is 1. The minimum Gasteiger partial charge on any atom is -0.487 e. The van der Waals surface area contributed by atoms with Gasteiger partial charge in [0.15, 0.2) is 0 Å². The first-order chi connectivity index (χ1) is 30.1. The summed E-state index contributed by atoms with van der Waals surface area (Å²) >= 11 is 0. The van der Waals surface area contributed by atoms with E-state index in [1.165, 1.54) is 30.7 Å². The average Bonchev–Trinajstić information content (AvgIpc) is 3.90. The second-order valence-corrected chi connectivity index (χ2v) is 18.4. The molecule has 64 heavy (non-hydrogen) atoms. The minimum atomic E-state index is -1.36. The number of rotatable bonds is 16. The highest BCUT2D eigenvalue weighted by molar-refractivity contribution is 5.96. The van der Waals surface area contributed by atoms with Gasteiger partial charge in [-0.3, -0.25) is 24.1 Å². The van der Waals surface area contributed by atoms with Crippen molar-refractivity contribution in [3.05, 3.63) is 89.7 Å². The summed E-state index contributed by atoms with van der Waals surface area (Å²) in [7, 11) is 2.78. The molecule has 0 saturated carbocycles. The van der Waals surface area contributed by atoms with Gasteiger partial charge in [0.1, 0.15) is 47.8 Å². The molecule has 17 nitrogen and oxygen atoms in total. The predicted octanol–water partition coefficient (Wildman–Crippen LogP) is 5.10. The van der Waals surface area contributed by atoms with Crippen molar-refractivity contribution in [2.45, 2.75) is 117 Å². The summed E-state index contributed by atoms with van der Waals surface area (Å²) < 4.78 is 17.7. The zero-order valence-corrected chi connectivity index (χ0v) is 38.3. The summed E-state index contributed by atoms with van der Waals surface area (Å²) in [6.45, 7) is 13.8. The third-order valence-electron chi connectivity index (χ3n) is 11.2. The summed E-state index contributed by atoms with van der Waals surface area (Å²) in [5, 5.41) is 26.5. The van der Waals surface area contributed by atoms with E-state index in [0.717, 1.165) is 21.2 Å². The third kappa shape index (κ3) is 12.3. The molecule has 0 aliphatic carbocycles. The number of hydrogen-bond acceptors (Lipinski definition) is 11. The fourth-order valence-corrected chi connectivity index (χ4v) is 7.48. The number of ether oxygens (including phenoxy) is 3. The zero-order valence-electron chi connectivity index (χ0n) is 38.3. The van der Waals surface area contributed by atoms with Crippen molar-refractivity contribution in [2.75, 3.05) is 20.7 Å². The van der Waals surface area contributed by atoms with Crippen molar-refractivity contribution in [2.24, 2.45) is 11.3 Å². The molecular weight excluding hydrogens is 823 g/mol. The Morgan fingerprint density at radius 1 is 0.891 bits per heavy atom. The number of likely N-dealkylation sites (N-methyl/N-ethyl adjacent to an activating group) is 1. The van der Waals surface area contributed by atoms with Crippen molar-refractivity contribution in [3.63, 3.8) is 0 Å². The maximum atomic E-state index is 14.8. The molecule has 1 aliphatic heterocycles. The first-order valence-electron chi connectivity index (χ1n) is 21.3. The molecule has 3 aromatic carbocycles. The van der Waals surface area contributed by atoms with Crippen molar-refractivity contribution in [1.29, 1.82) is 0 Å². The molecule has 344 valence electrons. The van der Waals surface area contributed by atoms with Crippen LogP contribution in [0.3, 0.4) is 0 Å². The van der Waals surface area contributed by atoms with E-state index in [2.05, 4.69) is 20.9 Å². The molecule has 17 heteroatoms. The second kappa shape index (κ2) is 20.3. The van der Waals surface area contributed by atoms with E-state index in [4.69, 9.17) is 14.2 Å². The van der Waals surface area contributed by atoms with Gasteiger partial charge in [-0.1, -0.05) is 87.5 Å². The molecule has 2 heterocycles. The van der Waals surface area contributed by atoms with Gasteiger partial charge in [0.25, 0.3) is 0 Å².